The molecule has 0 radical (unpaired) electrons. The van der Waals surface area contributed by atoms with Gasteiger partial charge in [-0.25, -0.2) is 9.97 Å². The molecule has 0 aliphatic rings. The number of nitrogens with zero attached hydrogens (tertiary/aromatic N) is 2. The summed E-state index contributed by atoms with van der Waals surface area (Å²) in [6, 6.07) is 4.53. The lowest BCUT2D eigenvalue weighted by atomic mass is 10.1. The fourth-order valence-corrected chi connectivity index (χ4v) is 2.44. The summed E-state index contributed by atoms with van der Waals surface area (Å²) in [6.07, 6.45) is -1.47. The van der Waals surface area contributed by atoms with E-state index in [1.807, 2.05) is 0 Å². The SMILES string of the molecule is COCCOc1ccc(C(F)(F)F)cc1NC(=O)CSc1ncccn1. The smallest absolute Gasteiger partial charge is 0.416 e. The first-order chi connectivity index (χ1) is 12.4. The Labute approximate surface area is 152 Å². The first-order valence-corrected chi connectivity index (χ1v) is 8.41. The highest BCUT2D eigenvalue weighted by Crippen LogP contribution is 2.35. The maximum Gasteiger partial charge on any atom is 0.416 e. The van der Waals surface area contributed by atoms with Crippen molar-refractivity contribution in [2.75, 3.05) is 31.4 Å². The highest BCUT2D eigenvalue weighted by molar-refractivity contribution is 7.99. The van der Waals surface area contributed by atoms with Crippen LogP contribution in [0.4, 0.5) is 18.9 Å². The summed E-state index contributed by atoms with van der Waals surface area (Å²) >= 11 is 1.07. The number of methoxy groups -OCH3 is 1. The molecule has 1 amide bonds. The molecule has 1 aromatic carbocycles. The number of nitrogens with one attached hydrogen (secondary N) is 1. The monoisotopic (exact) mass is 387 g/mol. The standard InChI is InChI=1S/C16H16F3N3O3S/c1-24-7-8-25-13-4-3-11(16(17,18)19)9-12(13)22-14(23)10-26-15-20-5-2-6-21-15/h2-6,9H,7-8,10H2,1H3,(H,22,23). The van der Waals surface area contributed by atoms with Crippen molar-refractivity contribution in [3.63, 3.8) is 0 Å². The number of carbonyl (C=O) groups is 1. The number of halogens is 3. The summed E-state index contributed by atoms with van der Waals surface area (Å²) in [4.78, 5) is 20.0. The van der Waals surface area contributed by atoms with Gasteiger partial charge in [0.15, 0.2) is 5.16 Å². The van der Waals surface area contributed by atoms with Gasteiger partial charge in [-0.2, -0.15) is 13.2 Å². The molecule has 6 nitrogen and oxygen atoms in total. The zero-order valence-corrected chi connectivity index (χ0v) is 14.6. The molecule has 0 aliphatic heterocycles. The fraction of sp³-hybridized carbons (Fsp3) is 0.312. The van der Waals surface area contributed by atoms with E-state index in [0.29, 0.717) is 5.16 Å². The third kappa shape index (κ3) is 6.19. The largest absolute Gasteiger partial charge is 0.489 e. The van der Waals surface area contributed by atoms with Gasteiger partial charge in [0.2, 0.25) is 5.91 Å². The summed E-state index contributed by atoms with van der Waals surface area (Å²) in [6.45, 7) is 0.396. The lowest BCUT2D eigenvalue weighted by Gasteiger charge is -2.15. The second-order valence-corrected chi connectivity index (χ2v) is 5.86. The van der Waals surface area contributed by atoms with E-state index in [-0.39, 0.29) is 30.4 Å². The molecule has 0 bridgehead atoms. The van der Waals surface area contributed by atoms with Crippen molar-refractivity contribution in [2.45, 2.75) is 11.3 Å². The van der Waals surface area contributed by atoms with Gasteiger partial charge >= 0.3 is 6.18 Å². The molecule has 0 unspecified atom stereocenters. The number of anilines is 1. The Kier molecular flexibility index (Phi) is 7.22. The van der Waals surface area contributed by atoms with Gasteiger partial charge < -0.3 is 14.8 Å². The van der Waals surface area contributed by atoms with Gasteiger partial charge in [-0.15, -0.1) is 0 Å². The Hall–Kier alpha value is -2.33. The van der Waals surface area contributed by atoms with E-state index < -0.39 is 17.6 Å². The van der Waals surface area contributed by atoms with Gasteiger partial charge in [-0.1, -0.05) is 11.8 Å². The molecule has 0 atom stereocenters. The van der Waals surface area contributed by atoms with Crippen LogP contribution in [-0.2, 0) is 15.7 Å². The Balaban J connectivity index is 2.09. The van der Waals surface area contributed by atoms with Gasteiger partial charge in [0.1, 0.15) is 12.4 Å². The van der Waals surface area contributed by atoms with Crippen LogP contribution >= 0.6 is 11.8 Å². The van der Waals surface area contributed by atoms with Crippen molar-refractivity contribution in [1.29, 1.82) is 0 Å². The van der Waals surface area contributed by atoms with E-state index in [4.69, 9.17) is 9.47 Å². The molecular weight excluding hydrogens is 371 g/mol. The molecule has 1 heterocycles. The number of thioether (sulfide) groups is 1. The molecule has 10 heteroatoms. The number of hydrogen-bond acceptors (Lipinski definition) is 6. The van der Waals surface area contributed by atoms with Crippen LogP contribution in [0, 0.1) is 0 Å². The predicted molar refractivity (Wildman–Crippen MR) is 90.2 cm³/mol. The zero-order valence-electron chi connectivity index (χ0n) is 13.7. The number of amides is 1. The van der Waals surface area contributed by atoms with Crippen molar-refractivity contribution in [3.05, 3.63) is 42.2 Å². The third-order valence-electron chi connectivity index (χ3n) is 3.00. The Bertz CT molecular complexity index is 730. The van der Waals surface area contributed by atoms with E-state index in [0.717, 1.165) is 23.9 Å². The highest BCUT2D eigenvalue weighted by atomic mass is 32.2. The fourth-order valence-electron chi connectivity index (χ4n) is 1.84. The van der Waals surface area contributed by atoms with E-state index >= 15 is 0 Å². The minimum atomic E-state index is -4.53. The van der Waals surface area contributed by atoms with Crippen LogP contribution in [0.2, 0.25) is 0 Å². The number of carbonyl (C=O) groups excluding carboxylic acids is 1. The second kappa shape index (κ2) is 9.39. The van der Waals surface area contributed by atoms with Crippen LogP contribution in [0.5, 0.6) is 5.75 Å². The Morgan fingerprint density at radius 2 is 1.96 bits per heavy atom. The van der Waals surface area contributed by atoms with Gasteiger partial charge in [-0.05, 0) is 24.3 Å². The number of aromatic nitrogens is 2. The number of benzene rings is 1. The molecule has 2 aromatic rings. The molecule has 1 aromatic heterocycles. The van der Waals surface area contributed by atoms with Gasteiger partial charge in [0, 0.05) is 19.5 Å². The molecule has 1 N–H and O–H groups in total. The summed E-state index contributed by atoms with van der Waals surface area (Å²) in [5.74, 6) is -0.430. The second-order valence-electron chi connectivity index (χ2n) is 4.92. The van der Waals surface area contributed by atoms with Gasteiger partial charge in [0.05, 0.1) is 23.6 Å². The van der Waals surface area contributed by atoms with E-state index in [9.17, 15) is 18.0 Å². The van der Waals surface area contributed by atoms with E-state index in [1.165, 1.54) is 25.6 Å². The summed E-state index contributed by atoms with van der Waals surface area (Å²) in [5.41, 5.74) is -0.943. The molecule has 0 aliphatic carbocycles. The highest BCUT2D eigenvalue weighted by Gasteiger charge is 2.31. The normalized spacial score (nSPS) is 11.2. The van der Waals surface area contributed by atoms with Crippen LogP contribution in [0.1, 0.15) is 5.56 Å². The third-order valence-corrected chi connectivity index (χ3v) is 3.88. The Morgan fingerprint density at radius 1 is 1.23 bits per heavy atom. The molecule has 0 fully saturated rings. The first-order valence-electron chi connectivity index (χ1n) is 7.43. The minimum Gasteiger partial charge on any atom is -0.489 e. The molecular formula is C16H16F3N3O3S. The Morgan fingerprint density at radius 3 is 2.62 bits per heavy atom. The minimum absolute atomic E-state index is 0.0578. The molecule has 0 saturated carbocycles. The van der Waals surface area contributed by atoms with Gasteiger partial charge in [-0.3, -0.25) is 4.79 Å². The number of hydrogen-bond donors (Lipinski definition) is 1. The average molecular weight is 387 g/mol. The number of alkyl halides is 3. The predicted octanol–water partition coefficient (Wildman–Crippen LogP) is 3.25. The summed E-state index contributed by atoms with van der Waals surface area (Å²) < 4.78 is 49.0. The first kappa shape index (κ1) is 20.0. The average Bonchev–Trinajstić information content (AvgIpc) is 2.61. The number of rotatable bonds is 8. The maximum absolute atomic E-state index is 12.9. The molecule has 140 valence electrons. The van der Waals surface area contributed by atoms with E-state index in [2.05, 4.69) is 15.3 Å². The molecule has 2 rings (SSSR count). The molecule has 0 saturated heterocycles. The molecule has 26 heavy (non-hydrogen) atoms. The van der Waals surface area contributed by atoms with Crippen molar-refractivity contribution >= 4 is 23.4 Å². The summed E-state index contributed by atoms with van der Waals surface area (Å²) in [7, 11) is 1.47. The van der Waals surface area contributed by atoms with Crippen molar-refractivity contribution < 1.29 is 27.4 Å². The van der Waals surface area contributed by atoms with Crippen LogP contribution in [0.3, 0.4) is 0 Å². The van der Waals surface area contributed by atoms with Crippen LogP contribution in [0.15, 0.2) is 41.8 Å². The maximum atomic E-state index is 12.9. The van der Waals surface area contributed by atoms with Crippen molar-refractivity contribution in [1.82, 2.24) is 9.97 Å². The van der Waals surface area contributed by atoms with Crippen LogP contribution in [-0.4, -0.2) is 42.0 Å². The van der Waals surface area contributed by atoms with Gasteiger partial charge in [0.25, 0.3) is 0 Å². The van der Waals surface area contributed by atoms with Crippen LogP contribution < -0.4 is 10.1 Å². The topological polar surface area (TPSA) is 73.3 Å². The van der Waals surface area contributed by atoms with E-state index in [1.54, 1.807) is 6.07 Å². The quantitative estimate of drug-likeness (QED) is 0.426. The lowest BCUT2D eigenvalue weighted by molar-refractivity contribution is -0.137. The molecule has 0 spiro atoms. The lowest BCUT2D eigenvalue weighted by Crippen LogP contribution is -2.17. The zero-order chi connectivity index (χ0) is 19.0. The summed E-state index contributed by atoms with van der Waals surface area (Å²) in [5, 5.41) is 2.83. The van der Waals surface area contributed by atoms with Crippen LogP contribution in [0.25, 0.3) is 0 Å². The van der Waals surface area contributed by atoms with Crippen molar-refractivity contribution in [2.24, 2.45) is 0 Å². The number of ether oxygens (including phenoxy) is 2. The van der Waals surface area contributed by atoms with Crippen molar-refractivity contribution in [3.8, 4) is 5.75 Å².